The van der Waals surface area contributed by atoms with Gasteiger partial charge in [0.15, 0.2) is 0 Å². The van der Waals surface area contributed by atoms with E-state index in [1.54, 1.807) is 4.90 Å². The van der Waals surface area contributed by atoms with Crippen LogP contribution in [0.15, 0.2) is 30.3 Å². The van der Waals surface area contributed by atoms with Crippen LogP contribution in [0.5, 0.6) is 0 Å². The fourth-order valence-corrected chi connectivity index (χ4v) is 4.05. The highest BCUT2D eigenvalue weighted by atomic mass is 32.1. The van der Waals surface area contributed by atoms with Gasteiger partial charge < -0.3 is 15.3 Å². The number of aromatic carboxylic acids is 1. The number of carbonyl (C=O) groups excluding carboxylic acids is 2. The molecule has 1 aromatic carbocycles. The van der Waals surface area contributed by atoms with Crippen molar-refractivity contribution >= 4 is 34.1 Å². The minimum Gasteiger partial charge on any atom is -0.478 e. The van der Waals surface area contributed by atoms with Crippen LogP contribution in [0.1, 0.15) is 46.6 Å². The summed E-state index contributed by atoms with van der Waals surface area (Å²) in [7, 11) is 0. The fraction of sp³-hybridized carbons (Fsp3) is 0.350. The van der Waals surface area contributed by atoms with E-state index in [-0.39, 0.29) is 30.3 Å². The minimum absolute atomic E-state index is 0.101. The molecule has 144 valence electrons. The van der Waals surface area contributed by atoms with E-state index in [0.29, 0.717) is 18.0 Å². The summed E-state index contributed by atoms with van der Waals surface area (Å²) in [5.41, 5.74) is 1.90. The Morgan fingerprint density at radius 2 is 1.85 bits per heavy atom. The van der Waals surface area contributed by atoms with Crippen LogP contribution < -0.4 is 5.32 Å². The number of amides is 2. The Morgan fingerprint density at radius 1 is 1.19 bits per heavy atom. The number of nitrogens with zero attached hydrogens (tertiary/aromatic N) is 1. The molecule has 1 heterocycles. The molecule has 2 aromatic rings. The number of carbonyl (C=O) groups is 3. The lowest BCUT2D eigenvalue weighted by molar-refractivity contribution is -0.129. The highest BCUT2D eigenvalue weighted by Crippen LogP contribution is 2.33. The SMILES string of the molecule is CCc1c(C)sc(NC(=O)CCN(Cc2ccccc2)C(C)=O)c1C(=O)O. The summed E-state index contributed by atoms with van der Waals surface area (Å²) in [5.74, 6) is -1.46. The molecule has 0 bridgehead atoms. The van der Waals surface area contributed by atoms with Crippen LogP contribution in [-0.2, 0) is 22.6 Å². The molecule has 0 aliphatic heterocycles. The predicted molar refractivity (Wildman–Crippen MR) is 106 cm³/mol. The van der Waals surface area contributed by atoms with E-state index in [0.717, 1.165) is 16.0 Å². The van der Waals surface area contributed by atoms with E-state index in [4.69, 9.17) is 0 Å². The van der Waals surface area contributed by atoms with Crippen LogP contribution in [0.4, 0.5) is 5.00 Å². The summed E-state index contributed by atoms with van der Waals surface area (Å²) < 4.78 is 0. The normalized spacial score (nSPS) is 10.5. The van der Waals surface area contributed by atoms with Gasteiger partial charge in [-0.3, -0.25) is 9.59 Å². The maximum Gasteiger partial charge on any atom is 0.339 e. The quantitative estimate of drug-likeness (QED) is 0.722. The van der Waals surface area contributed by atoms with Gasteiger partial charge in [0.2, 0.25) is 11.8 Å². The lowest BCUT2D eigenvalue weighted by atomic mass is 10.1. The van der Waals surface area contributed by atoms with Crippen molar-refractivity contribution < 1.29 is 19.5 Å². The van der Waals surface area contributed by atoms with E-state index in [2.05, 4.69) is 5.32 Å². The van der Waals surface area contributed by atoms with Crippen molar-refractivity contribution in [3.63, 3.8) is 0 Å². The van der Waals surface area contributed by atoms with Gasteiger partial charge in [-0.25, -0.2) is 4.79 Å². The largest absolute Gasteiger partial charge is 0.478 e. The number of thiophene rings is 1. The van der Waals surface area contributed by atoms with Crippen molar-refractivity contribution in [3.8, 4) is 0 Å². The van der Waals surface area contributed by atoms with E-state index < -0.39 is 5.97 Å². The minimum atomic E-state index is -1.04. The molecule has 1 aromatic heterocycles. The van der Waals surface area contributed by atoms with E-state index >= 15 is 0 Å². The second-order valence-corrected chi connectivity index (χ2v) is 7.45. The van der Waals surface area contributed by atoms with E-state index in [1.165, 1.54) is 18.3 Å². The van der Waals surface area contributed by atoms with Gasteiger partial charge in [-0.15, -0.1) is 11.3 Å². The smallest absolute Gasteiger partial charge is 0.339 e. The first kappa shape index (κ1) is 20.6. The third kappa shape index (κ3) is 5.40. The average molecular weight is 388 g/mol. The molecule has 0 aliphatic rings. The number of hydrogen-bond acceptors (Lipinski definition) is 4. The number of benzene rings is 1. The number of carboxylic acid groups (broad SMARTS) is 1. The van der Waals surface area contributed by atoms with Gasteiger partial charge in [-0.05, 0) is 24.5 Å². The first-order valence-electron chi connectivity index (χ1n) is 8.78. The van der Waals surface area contributed by atoms with Crippen molar-refractivity contribution in [2.45, 2.75) is 40.2 Å². The molecular weight excluding hydrogens is 364 g/mol. The molecule has 2 N–H and O–H groups in total. The van der Waals surface area contributed by atoms with Crippen LogP contribution in [0.25, 0.3) is 0 Å². The summed E-state index contributed by atoms with van der Waals surface area (Å²) in [5, 5.41) is 12.5. The van der Waals surface area contributed by atoms with Crippen molar-refractivity contribution in [2.24, 2.45) is 0 Å². The van der Waals surface area contributed by atoms with Gasteiger partial charge >= 0.3 is 5.97 Å². The van der Waals surface area contributed by atoms with Crippen LogP contribution in [0.2, 0.25) is 0 Å². The summed E-state index contributed by atoms with van der Waals surface area (Å²) in [6.45, 7) is 5.91. The standard InChI is InChI=1S/C20H24N2O4S/c1-4-16-13(2)27-19(18(16)20(25)26)21-17(24)10-11-22(14(3)23)12-15-8-6-5-7-9-15/h5-9H,4,10-12H2,1-3H3,(H,21,24)(H,25,26). The van der Waals surface area contributed by atoms with Crippen molar-refractivity contribution in [1.29, 1.82) is 0 Å². The molecule has 2 rings (SSSR count). The molecule has 0 atom stereocenters. The molecule has 0 spiro atoms. The Hall–Kier alpha value is -2.67. The molecule has 0 saturated carbocycles. The number of anilines is 1. The number of rotatable bonds is 8. The first-order chi connectivity index (χ1) is 12.8. The molecule has 0 unspecified atom stereocenters. The summed E-state index contributed by atoms with van der Waals surface area (Å²) in [4.78, 5) is 38.3. The highest BCUT2D eigenvalue weighted by molar-refractivity contribution is 7.16. The Balaban J connectivity index is 2.02. The first-order valence-corrected chi connectivity index (χ1v) is 9.60. The molecule has 27 heavy (non-hydrogen) atoms. The Morgan fingerprint density at radius 3 is 2.41 bits per heavy atom. The maximum absolute atomic E-state index is 12.3. The second-order valence-electron chi connectivity index (χ2n) is 6.22. The zero-order chi connectivity index (χ0) is 20.0. The van der Waals surface area contributed by atoms with Gasteiger partial charge in [0.05, 0.1) is 5.56 Å². The molecule has 0 fully saturated rings. The molecule has 0 radical (unpaired) electrons. The maximum atomic E-state index is 12.3. The molecule has 6 nitrogen and oxygen atoms in total. The number of hydrogen-bond donors (Lipinski definition) is 2. The molecule has 7 heteroatoms. The van der Waals surface area contributed by atoms with Gasteiger partial charge in [0, 0.05) is 31.3 Å². The number of carboxylic acids is 1. The molecular formula is C20H24N2O4S. The fourth-order valence-electron chi connectivity index (χ4n) is 2.90. The van der Waals surface area contributed by atoms with Crippen LogP contribution in [0, 0.1) is 6.92 Å². The predicted octanol–water partition coefficient (Wildman–Crippen LogP) is 3.69. The third-order valence-corrected chi connectivity index (χ3v) is 5.36. The van der Waals surface area contributed by atoms with Gasteiger partial charge in [-0.2, -0.15) is 0 Å². The monoisotopic (exact) mass is 388 g/mol. The zero-order valence-corrected chi connectivity index (χ0v) is 16.6. The van der Waals surface area contributed by atoms with Gasteiger partial charge in [-0.1, -0.05) is 37.3 Å². The average Bonchev–Trinajstić information content (AvgIpc) is 2.94. The Kier molecular flexibility index (Phi) is 7.12. The van der Waals surface area contributed by atoms with Gasteiger partial charge in [0.25, 0.3) is 0 Å². The van der Waals surface area contributed by atoms with Crippen molar-refractivity contribution in [3.05, 3.63) is 51.9 Å². The highest BCUT2D eigenvalue weighted by Gasteiger charge is 2.22. The van der Waals surface area contributed by atoms with Crippen molar-refractivity contribution in [2.75, 3.05) is 11.9 Å². The number of nitrogens with one attached hydrogen (secondary N) is 1. The number of aryl methyl sites for hydroxylation is 1. The lowest BCUT2D eigenvalue weighted by Gasteiger charge is -2.21. The summed E-state index contributed by atoms with van der Waals surface area (Å²) in [6, 6.07) is 9.56. The van der Waals surface area contributed by atoms with E-state index in [1.807, 2.05) is 44.2 Å². The third-order valence-electron chi connectivity index (χ3n) is 4.30. The zero-order valence-electron chi connectivity index (χ0n) is 15.7. The summed E-state index contributed by atoms with van der Waals surface area (Å²) >= 11 is 1.27. The second kappa shape index (κ2) is 9.32. The van der Waals surface area contributed by atoms with Crippen LogP contribution in [0.3, 0.4) is 0 Å². The Bertz CT molecular complexity index is 830. The topological polar surface area (TPSA) is 86.7 Å². The van der Waals surface area contributed by atoms with Crippen LogP contribution in [-0.4, -0.2) is 34.3 Å². The Labute approximate surface area is 162 Å². The van der Waals surface area contributed by atoms with Gasteiger partial charge in [0.1, 0.15) is 5.00 Å². The van der Waals surface area contributed by atoms with Crippen LogP contribution >= 0.6 is 11.3 Å². The lowest BCUT2D eigenvalue weighted by Crippen LogP contribution is -2.31. The van der Waals surface area contributed by atoms with E-state index in [9.17, 15) is 19.5 Å². The molecule has 0 saturated heterocycles. The van der Waals surface area contributed by atoms with Crippen molar-refractivity contribution in [1.82, 2.24) is 4.90 Å². The summed E-state index contributed by atoms with van der Waals surface area (Å²) in [6.07, 6.45) is 0.693. The molecule has 2 amide bonds. The molecule has 0 aliphatic carbocycles.